The van der Waals surface area contributed by atoms with Gasteiger partial charge in [-0.05, 0) is 30.7 Å². The van der Waals surface area contributed by atoms with Crippen LogP contribution in [0.1, 0.15) is 21.5 Å². The second-order valence-corrected chi connectivity index (χ2v) is 7.49. The fourth-order valence-corrected chi connectivity index (χ4v) is 3.58. The largest absolute Gasteiger partial charge is 0.434 e. The zero-order valence-corrected chi connectivity index (χ0v) is 16.6. The van der Waals surface area contributed by atoms with Gasteiger partial charge in [-0.15, -0.1) is 0 Å². The lowest BCUT2D eigenvalue weighted by molar-refractivity contribution is -0.0503. The van der Waals surface area contributed by atoms with Crippen molar-refractivity contribution in [2.75, 3.05) is 26.2 Å². The zero-order chi connectivity index (χ0) is 19.4. The molecule has 7 heteroatoms. The van der Waals surface area contributed by atoms with Crippen molar-refractivity contribution in [3.8, 4) is 5.75 Å². The van der Waals surface area contributed by atoms with Crippen molar-refractivity contribution in [3.63, 3.8) is 0 Å². The first-order valence-corrected chi connectivity index (χ1v) is 9.53. The number of amides is 1. The lowest BCUT2D eigenvalue weighted by Crippen LogP contribution is -2.48. The van der Waals surface area contributed by atoms with Crippen LogP contribution < -0.4 is 4.74 Å². The van der Waals surface area contributed by atoms with Crippen LogP contribution in [0.2, 0.25) is 0 Å². The lowest BCUT2D eigenvalue weighted by atomic mass is 10.1. The monoisotopic (exact) mass is 438 g/mol. The van der Waals surface area contributed by atoms with Crippen molar-refractivity contribution < 1.29 is 18.3 Å². The van der Waals surface area contributed by atoms with Crippen LogP contribution >= 0.6 is 15.9 Å². The van der Waals surface area contributed by atoms with Crippen molar-refractivity contribution in [1.29, 1.82) is 0 Å². The van der Waals surface area contributed by atoms with E-state index < -0.39 is 6.61 Å². The molecule has 0 saturated carbocycles. The number of carbonyl (C=O) groups is 1. The molecule has 1 amide bonds. The SMILES string of the molecule is Cc1cccc(CN2CCN(C(=O)c3cc(Br)ccc3OC(F)F)CC2)c1. The predicted octanol–water partition coefficient (Wildman–Crippen LogP) is 4.32. The van der Waals surface area contributed by atoms with Gasteiger partial charge in [-0.2, -0.15) is 8.78 Å². The second kappa shape index (κ2) is 8.80. The van der Waals surface area contributed by atoms with Gasteiger partial charge < -0.3 is 9.64 Å². The van der Waals surface area contributed by atoms with Gasteiger partial charge in [0.15, 0.2) is 0 Å². The van der Waals surface area contributed by atoms with E-state index in [1.165, 1.54) is 23.3 Å². The van der Waals surface area contributed by atoms with Gasteiger partial charge in [0.1, 0.15) is 5.75 Å². The fraction of sp³-hybridized carbons (Fsp3) is 0.350. The smallest absolute Gasteiger partial charge is 0.387 e. The van der Waals surface area contributed by atoms with E-state index in [-0.39, 0.29) is 17.2 Å². The standard InChI is InChI=1S/C20H21BrF2N2O2/c1-14-3-2-4-15(11-14)13-24-7-9-25(10-8-24)19(26)17-12-16(21)5-6-18(17)27-20(22)23/h2-6,11-12,20H,7-10,13H2,1H3. The molecule has 27 heavy (non-hydrogen) atoms. The van der Waals surface area contributed by atoms with Crippen molar-refractivity contribution >= 4 is 21.8 Å². The van der Waals surface area contributed by atoms with Gasteiger partial charge in [0.2, 0.25) is 0 Å². The molecule has 1 aliphatic heterocycles. The minimum absolute atomic E-state index is 0.0969. The van der Waals surface area contributed by atoms with Gasteiger partial charge in [-0.25, -0.2) is 0 Å². The van der Waals surface area contributed by atoms with E-state index in [0.717, 1.165) is 19.6 Å². The summed E-state index contributed by atoms with van der Waals surface area (Å²) in [6.07, 6.45) is 0. The third-order valence-electron chi connectivity index (χ3n) is 4.54. The highest BCUT2D eigenvalue weighted by Crippen LogP contribution is 2.26. The number of alkyl halides is 2. The van der Waals surface area contributed by atoms with E-state index >= 15 is 0 Å². The normalized spacial score (nSPS) is 15.2. The topological polar surface area (TPSA) is 32.8 Å². The van der Waals surface area contributed by atoms with Crippen molar-refractivity contribution in [2.24, 2.45) is 0 Å². The third-order valence-corrected chi connectivity index (χ3v) is 5.03. The van der Waals surface area contributed by atoms with Gasteiger partial charge in [0.05, 0.1) is 5.56 Å². The average molecular weight is 439 g/mol. The van der Waals surface area contributed by atoms with Crippen LogP contribution in [0.15, 0.2) is 46.9 Å². The molecule has 1 saturated heterocycles. The molecule has 0 aliphatic carbocycles. The number of hydrogen-bond donors (Lipinski definition) is 0. The Bertz CT molecular complexity index is 808. The highest BCUT2D eigenvalue weighted by atomic mass is 79.9. The number of aryl methyl sites for hydroxylation is 1. The quantitative estimate of drug-likeness (QED) is 0.696. The van der Waals surface area contributed by atoms with Crippen LogP contribution in [-0.2, 0) is 6.54 Å². The molecule has 0 spiro atoms. The van der Waals surface area contributed by atoms with Crippen LogP contribution in [0.3, 0.4) is 0 Å². The van der Waals surface area contributed by atoms with Crippen molar-refractivity contribution in [3.05, 3.63) is 63.6 Å². The molecule has 0 N–H and O–H groups in total. The molecule has 144 valence electrons. The molecule has 4 nitrogen and oxygen atoms in total. The number of benzene rings is 2. The minimum atomic E-state index is -2.97. The first kappa shape index (κ1) is 19.8. The van der Waals surface area contributed by atoms with E-state index in [4.69, 9.17) is 0 Å². The molecular weight excluding hydrogens is 418 g/mol. The Labute approximate surface area is 165 Å². The summed E-state index contributed by atoms with van der Waals surface area (Å²) in [5.41, 5.74) is 2.62. The number of halogens is 3. The van der Waals surface area contributed by atoms with E-state index in [1.54, 1.807) is 11.0 Å². The highest BCUT2D eigenvalue weighted by Gasteiger charge is 2.25. The summed E-state index contributed by atoms with van der Waals surface area (Å²) < 4.78 is 30.4. The number of ether oxygens (including phenoxy) is 1. The number of nitrogens with zero attached hydrogens (tertiary/aromatic N) is 2. The second-order valence-electron chi connectivity index (χ2n) is 6.58. The Morgan fingerprint density at radius 2 is 1.89 bits per heavy atom. The van der Waals surface area contributed by atoms with Gasteiger partial charge in [-0.1, -0.05) is 45.8 Å². The molecule has 0 aromatic heterocycles. The maximum Gasteiger partial charge on any atom is 0.387 e. The number of carbonyl (C=O) groups excluding carboxylic acids is 1. The summed E-state index contributed by atoms with van der Waals surface area (Å²) in [6, 6.07) is 12.9. The van der Waals surface area contributed by atoms with E-state index in [1.807, 2.05) is 6.07 Å². The zero-order valence-electron chi connectivity index (χ0n) is 15.0. The highest BCUT2D eigenvalue weighted by molar-refractivity contribution is 9.10. The first-order chi connectivity index (χ1) is 12.9. The maximum absolute atomic E-state index is 12.8. The molecule has 1 fully saturated rings. The molecule has 1 aliphatic rings. The summed E-state index contributed by atoms with van der Waals surface area (Å²) in [7, 11) is 0. The number of rotatable bonds is 5. The van der Waals surface area contributed by atoms with Gasteiger partial charge in [0.25, 0.3) is 5.91 Å². The van der Waals surface area contributed by atoms with Crippen LogP contribution in [0.5, 0.6) is 5.75 Å². The Kier molecular flexibility index (Phi) is 6.44. The van der Waals surface area contributed by atoms with E-state index in [0.29, 0.717) is 17.6 Å². The Morgan fingerprint density at radius 1 is 1.15 bits per heavy atom. The minimum Gasteiger partial charge on any atom is -0.434 e. The molecule has 2 aromatic carbocycles. The molecule has 3 rings (SSSR count). The summed E-state index contributed by atoms with van der Waals surface area (Å²) in [6.45, 7) is 2.50. The summed E-state index contributed by atoms with van der Waals surface area (Å²) in [5.74, 6) is -0.387. The molecule has 0 bridgehead atoms. The van der Waals surface area contributed by atoms with Gasteiger partial charge in [0, 0.05) is 37.2 Å². The lowest BCUT2D eigenvalue weighted by Gasteiger charge is -2.35. The number of hydrogen-bond acceptors (Lipinski definition) is 3. The molecule has 0 radical (unpaired) electrons. The molecule has 2 aromatic rings. The predicted molar refractivity (Wildman–Crippen MR) is 103 cm³/mol. The summed E-state index contributed by atoms with van der Waals surface area (Å²) in [5, 5.41) is 0. The van der Waals surface area contributed by atoms with E-state index in [2.05, 4.69) is 50.7 Å². The number of piperazine rings is 1. The first-order valence-electron chi connectivity index (χ1n) is 8.74. The van der Waals surface area contributed by atoms with Crippen LogP contribution in [0.4, 0.5) is 8.78 Å². The van der Waals surface area contributed by atoms with Crippen molar-refractivity contribution in [2.45, 2.75) is 20.1 Å². The molecule has 0 atom stereocenters. The van der Waals surface area contributed by atoms with Crippen molar-refractivity contribution in [1.82, 2.24) is 9.80 Å². The Hall–Kier alpha value is -1.99. The molecule has 1 heterocycles. The Balaban J connectivity index is 1.64. The molecule has 0 unspecified atom stereocenters. The summed E-state index contributed by atoms with van der Waals surface area (Å²) in [4.78, 5) is 16.8. The van der Waals surface area contributed by atoms with Crippen LogP contribution in [0.25, 0.3) is 0 Å². The third kappa shape index (κ3) is 5.26. The molecular formula is C20H21BrF2N2O2. The van der Waals surface area contributed by atoms with E-state index in [9.17, 15) is 13.6 Å². The van der Waals surface area contributed by atoms with Crippen LogP contribution in [0, 0.1) is 6.92 Å². The van der Waals surface area contributed by atoms with Crippen LogP contribution in [-0.4, -0.2) is 48.5 Å². The van der Waals surface area contributed by atoms with Gasteiger partial charge >= 0.3 is 6.61 Å². The van der Waals surface area contributed by atoms with Gasteiger partial charge in [-0.3, -0.25) is 9.69 Å². The Morgan fingerprint density at radius 3 is 2.56 bits per heavy atom. The summed E-state index contributed by atoms with van der Waals surface area (Å²) >= 11 is 3.29. The maximum atomic E-state index is 12.8. The average Bonchev–Trinajstić information content (AvgIpc) is 2.63. The fourth-order valence-electron chi connectivity index (χ4n) is 3.22.